The van der Waals surface area contributed by atoms with Crippen molar-refractivity contribution in [2.45, 2.75) is 31.4 Å². The monoisotopic (exact) mass is 410 g/mol. The van der Waals surface area contributed by atoms with Gasteiger partial charge >= 0.3 is 0 Å². The molecule has 0 saturated heterocycles. The average molecular weight is 410 g/mol. The van der Waals surface area contributed by atoms with Gasteiger partial charge in [-0.3, -0.25) is 10.0 Å². The van der Waals surface area contributed by atoms with Crippen LogP contribution in [0.1, 0.15) is 18.1 Å². The zero-order chi connectivity index (χ0) is 20.7. The second-order valence-electron chi connectivity index (χ2n) is 6.22. The number of carbonyl (C=O) groups excluding carboxylic acids is 1. The van der Waals surface area contributed by atoms with Gasteiger partial charge in [0.25, 0.3) is 5.91 Å². The maximum atomic E-state index is 13.5. The maximum Gasteiger partial charge on any atom is 0.261 e. The lowest BCUT2D eigenvalue weighted by Crippen LogP contribution is -2.48. The van der Waals surface area contributed by atoms with Gasteiger partial charge in [-0.25, -0.2) is 18.3 Å². The number of hydroxylamine groups is 1. The van der Waals surface area contributed by atoms with Gasteiger partial charge in [0, 0.05) is 6.54 Å². The Morgan fingerprint density at radius 2 is 1.93 bits per heavy atom. The Morgan fingerprint density at radius 3 is 2.54 bits per heavy atom. The summed E-state index contributed by atoms with van der Waals surface area (Å²) in [4.78, 5) is 11.7. The molecule has 1 amide bonds. The van der Waals surface area contributed by atoms with E-state index in [1.807, 2.05) is 30.3 Å². The molecule has 2 N–H and O–H groups in total. The molecule has 0 fully saturated rings. The van der Waals surface area contributed by atoms with Crippen molar-refractivity contribution in [2.75, 3.05) is 13.2 Å². The van der Waals surface area contributed by atoms with E-state index in [-0.39, 0.29) is 30.2 Å². The number of sulfonamides is 1. The van der Waals surface area contributed by atoms with Gasteiger partial charge in [-0.05, 0) is 43.2 Å². The molecule has 9 heteroatoms. The van der Waals surface area contributed by atoms with Crippen LogP contribution in [0.2, 0.25) is 0 Å². The molecule has 0 aliphatic rings. The number of rotatable bonds is 9. The van der Waals surface area contributed by atoms with Gasteiger partial charge in [0.2, 0.25) is 10.0 Å². The summed E-state index contributed by atoms with van der Waals surface area (Å²) in [6, 6.07) is 11.5. The third-order valence-electron chi connectivity index (χ3n) is 4.23. The van der Waals surface area contributed by atoms with Gasteiger partial charge in [-0.2, -0.15) is 4.31 Å². The topological polar surface area (TPSA) is 95.9 Å². The number of hydrogen-bond acceptors (Lipinski definition) is 5. The lowest BCUT2D eigenvalue weighted by Gasteiger charge is -2.27. The fourth-order valence-corrected chi connectivity index (χ4v) is 4.24. The number of aryl methyl sites for hydroxylation is 1. The molecule has 2 aromatic rings. The fourth-order valence-electron chi connectivity index (χ4n) is 2.58. The number of benzene rings is 2. The third kappa shape index (κ3) is 5.35. The first-order valence-electron chi connectivity index (χ1n) is 8.61. The van der Waals surface area contributed by atoms with E-state index in [2.05, 4.69) is 0 Å². The predicted molar refractivity (Wildman–Crippen MR) is 101 cm³/mol. The second-order valence-corrected chi connectivity index (χ2v) is 8.11. The van der Waals surface area contributed by atoms with E-state index >= 15 is 0 Å². The minimum Gasteiger partial charge on any atom is -0.375 e. The van der Waals surface area contributed by atoms with Crippen LogP contribution in [0.5, 0.6) is 0 Å². The molecule has 0 aliphatic carbocycles. The van der Waals surface area contributed by atoms with Crippen LogP contribution in [-0.4, -0.2) is 43.0 Å². The fraction of sp³-hybridized carbons (Fsp3) is 0.316. The first-order valence-corrected chi connectivity index (χ1v) is 10.0. The molecule has 0 bridgehead atoms. The molecule has 152 valence electrons. The summed E-state index contributed by atoms with van der Waals surface area (Å²) >= 11 is 0. The van der Waals surface area contributed by atoms with E-state index in [9.17, 15) is 17.6 Å². The van der Waals surface area contributed by atoms with Gasteiger partial charge in [0.15, 0.2) is 0 Å². The van der Waals surface area contributed by atoms with Gasteiger partial charge < -0.3 is 4.74 Å². The maximum absolute atomic E-state index is 13.5. The van der Waals surface area contributed by atoms with Crippen molar-refractivity contribution >= 4 is 15.9 Å². The quantitative estimate of drug-likeness (QED) is 0.376. The molecule has 28 heavy (non-hydrogen) atoms. The van der Waals surface area contributed by atoms with Crippen molar-refractivity contribution in [2.24, 2.45) is 0 Å². The highest BCUT2D eigenvalue weighted by atomic mass is 32.2. The van der Waals surface area contributed by atoms with Crippen molar-refractivity contribution in [3.05, 3.63) is 65.5 Å². The predicted octanol–water partition coefficient (Wildman–Crippen LogP) is 2.24. The van der Waals surface area contributed by atoms with Crippen molar-refractivity contribution in [1.82, 2.24) is 9.79 Å². The molecule has 0 radical (unpaired) electrons. The molecule has 0 spiro atoms. The van der Waals surface area contributed by atoms with Crippen LogP contribution in [0.3, 0.4) is 0 Å². The van der Waals surface area contributed by atoms with E-state index in [1.165, 1.54) is 25.4 Å². The molecule has 0 heterocycles. The van der Waals surface area contributed by atoms with E-state index < -0.39 is 27.8 Å². The minimum atomic E-state index is -4.13. The Morgan fingerprint density at radius 1 is 1.25 bits per heavy atom. The van der Waals surface area contributed by atoms with E-state index in [0.29, 0.717) is 0 Å². The van der Waals surface area contributed by atoms with Crippen LogP contribution in [0, 0.1) is 12.7 Å². The molecule has 2 rings (SSSR count). The van der Waals surface area contributed by atoms with Crippen LogP contribution in [0.15, 0.2) is 53.4 Å². The zero-order valence-electron chi connectivity index (χ0n) is 15.6. The van der Waals surface area contributed by atoms with E-state index in [4.69, 9.17) is 9.94 Å². The largest absolute Gasteiger partial charge is 0.375 e. The normalized spacial score (nSPS) is 12.8. The number of ether oxygens (including phenoxy) is 1. The standard InChI is InChI=1S/C19H23FN2O5S/c1-14-12-17(8-9-18(14)20)28(25,26)22(15(2)19(23)21-24)10-11-27-13-16-6-4-3-5-7-16/h3-9,12,15,24H,10-11,13H2,1-2H3,(H,21,23)/t15-/m1/s1. The number of halogens is 1. The lowest BCUT2D eigenvalue weighted by molar-refractivity contribution is -0.132. The van der Waals surface area contributed by atoms with Crippen LogP contribution in [0.4, 0.5) is 4.39 Å². The summed E-state index contributed by atoms with van der Waals surface area (Å²) in [6.45, 7) is 2.98. The first-order chi connectivity index (χ1) is 13.3. The van der Waals surface area contributed by atoms with Crippen LogP contribution >= 0.6 is 0 Å². The molecule has 0 aromatic heterocycles. The van der Waals surface area contributed by atoms with E-state index in [0.717, 1.165) is 22.0 Å². The number of nitrogens with one attached hydrogen (secondary N) is 1. The van der Waals surface area contributed by atoms with Crippen LogP contribution in [-0.2, 0) is 26.2 Å². The minimum absolute atomic E-state index is 0.0251. The number of nitrogens with zero attached hydrogens (tertiary/aromatic N) is 1. The summed E-state index contributed by atoms with van der Waals surface area (Å²) in [5.74, 6) is -1.41. The zero-order valence-corrected chi connectivity index (χ0v) is 16.4. The third-order valence-corrected chi connectivity index (χ3v) is 6.19. The molecule has 2 aromatic carbocycles. The summed E-state index contributed by atoms with van der Waals surface area (Å²) in [5.41, 5.74) is 2.55. The highest BCUT2D eigenvalue weighted by molar-refractivity contribution is 7.89. The second kappa shape index (κ2) is 9.74. The Balaban J connectivity index is 2.18. The first kappa shape index (κ1) is 22.0. The average Bonchev–Trinajstić information content (AvgIpc) is 2.69. The summed E-state index contributed by atoms with van der Waals surface area (Å²) in [6.07, 6.45) is 0. The van der Waals surface area contributed by atoms with Gasteiger partial charge in [-0.1, -0.05) is 30.3 Å². The highest BCUT2D eigenvalue weighted by Gasteiger charge is 2.33. The molecule has 1 atom stereocenters. The summed E-state index contributed by atoms with van der Waals surface area (Å²) < 4.78 is 46.0. The molecule has 0 aliphatic heterocycles. The Labute approximate surface area is 163 Å². The molecule has 0 saturated carbocycles. The summed E-state index contributed by atoms with van der Waals surface area (Å²) in [7, 11) is -4.13. The van der Waals surface area contributed by atoms with Crippen molar-refractivity contribution in [3.8, 4) is 0 Å². The van der Waals surface area contributed by atoms with Crippen LogP contribution in [0.25, 0.3) is 0 Å². The van der Waals surface area contributed by atoms with Gasteiger partial charge in [0.1, 0.15) is 11.9 Å². The molecule has 7 nitrogen and oxygen atoms in total. The SMILES string of the molecule is Cc1cc(S(=O)(=O)N(CCOCc2ccccc2)[C@H](C)C(=O)NO)ccc1F. The molecule has 0 unspecified atom stereocenters. The highest BCUT2D eigenvalue weighted by Crippen LogP contribution is 2.21. The summed E-state index contributed by atoms with van der Waals surface area (Å²) in [5, 5.41) is 8.89. The Hall–Kier alpha value is -2.33. The van der Waals surface area contributed by atoms with Crippen molar-refractivity contribution in [3.63, 3.8) is 0 Å². The Bertz CT molecular complexity index is 906. The van der Waals surface area contributed by atoms with Gasteiger partial charge in [0.05, 0.1) is 18.1 Å². The number of carbonyl (C=O) groups is 1. The number of hydrogen-bond donors (Lipinski definition) is 2. The smallest absolute Gasteiger partial charge is 0.261 e. The number of amides is 1. The Kier molecular flexibility index (Phi) is 7.64. The van der Waals surface area contributed by atoms with E-state index in [1.54, 1.807) is 0 Å². The van der Waals surface area contributed by atoms with Gasteiger partial charge in [-0.15, -0.1) is 0 Å². The molecular weight excluding hydrogens is 387 g/mol. The van der Waals surface area contributed by atoms with Crippen LogP contribution < -0.4 is 5.48 Å². The lowest BCUT2D eigenvalue weighted by atomic mass is 10.2. The van der Waals surface area contributed by atoms with Crippen molar-refractivity contribution in [1.29, 1.82) is 0 Å². The van der Waals surface area contributed by atoms with Crippen molar-refractivity contribution < 1.29 is 27.5 Å². The molecular formula is C19H23FN2O5S.